The molecule has 1 aromatic carbocycles. The van der Waals surface area contributed by atoms with Gasteiger partial charge >= 0.3 is 5.97 Å². The van der Waals surface area contributed by atoms with Crippen molar-refractivity contribution in [1.82, 2.24) is 5.32 Å². The summed E-state index contributed by atoms with van der Waals surface area (Å²) in [6.45, 7) is 1.12. The summed E-state index contributed by atoms with van der Waals surface area (Å²) < 4.78 is 13.5. The van der Waals surface area contributed by atoms with Crippen LogP contribution in [0, 0.1) is 11.7 Å². The van der Waals surface area contributed by atoms with Gasteiger partial charge in [0.1, 0.15) is 5.82 Å². The first-order chi connectivity index (χ1) is 7.68. The second-order valence-electron chi connectivity index (χ2n) is 4.15. The van der Waals surface area contributed by atoms with Gasteiger partial charge in [-0.3, -0.25) is 4.79 Å². The molecular weight excluding hydrogens is 209 g/mol. The van der Waals surface area contributed by atoms with Crippen molar-refractivity contribution >= 4 is 5.97 Å². The summed E-state index contributed by atoms with van der Waals surface area (Å²) in [5, 5.41) is 12.0. The Kier molecular flexibility index (Phi) is 3.19. The number of carboxylic acid groups (broad SMARTS) is 1. The van der Waals surface area contributed by atoms with Gasteiger partial charge in [-0.2, -0.15) is 0 Å². The predicted octanol–water partition coefficient (Wildman–Crippen LogP) is 1.60. The zero-order chi connectivity index (χ0) is 11.5. The van der Waals surface area contributed by atoms with Crippen molar-refractivity contribution in [2.24, 2.45) is 5.92 Å². The van der Waals surface area contributed by atoms with Crippen molar-refractivity contribution in [3.05, 3.63) is 35.6 Å². The predicted molar refractivity (Wildman–Crippen MR) is 57.8 cm³/mol. The second-order valence-corrected chi connectivity index (χ2v) is 4.15. The highest BCUT2D eigenvalue weighted by Gasteiger charge is 2.28. The number of carbonyl (C=O) groups is 1. The fourth-order valence-corrected chi connectivity index (χ4v) is 2.17. The summed E-state index contributed by atoms with van der Waals surface area (Å²) in [4.78, 5) is 10.9. The lowest BCUT2D eigenvalue weighted by Crippen LogP contribution is -2.38. The molecule has 2 atom stereocenters. The highest BCUT2D eigenvalue weighted by Crippen LogP contribution is 2.28. The van der Waals surface area contributed by atoms with E-state index in [4.69, 9.17) is 5.11 Å². The van der Waals surface area contributed by atoms with Gasteiger partial charge in [-0.05, 0) is 18.1 Å². The molecule has 1 aliphatic heterocycles. The smallest absolute Gasteiger partial charge is 0.307 e. The minimum Gasteiger partial charge on any atom is -0.481 e. The molecule has 16 heavy (non-hydrogen) atoms. The lowest BCUT2D eigenvalue weighted by Gasteiger charge is -2.28. The van der Waals surface area contributed by atoms with E-state index in [1.807, 2.05) is 0 Å². The van der Waals surface area contributed by atoms with Crippen LogP contribution in [0.4, 0.5) is 4.39 Å². The third-order valence-electron chi connectivity index (χ3n) is 3.04. The molecule has 0 radical (unpaired) electrons. The maximum Gasteiger partial charge on any atom is 0.307 e. The normalized spacial score (nSPS) is 25.3. The Bertz CT molecular complexity index is 394. The van der Waals surface area contributed by atoms with E-state index in [1.54, 1.807) is 18.2 Å². The van der Waals surface area contributed by atoms with E-state index >= 15 is 0 Å². The molecule has 3 nitrogen and oxygen atoms in total. The van der Waals surface area contributed by atoms with Gasteiger partial charge in [0.25, 0.3) is 0 Å². The lowest BCUT2D eigenvalue weighted by molar-refractivity contribution is -0.142. The Hall–Kier alpha value is -1.42. The first kappa shape index (κ1) is 11.1. The summed E-state index contributed by atoms with van der Waals surface area (Å²) in [7, 11) is 0. The summed E-state index contributed by atoms with van der Waals surface area (Å²) in [5.41, 5.74) is 0.612. The van der Waals surface area contributed by atoms with Crippen molar-refractivity contribution in [2.75, 3.05) is 13.1 Å². The maximum atomic E-state index is 13.5. The van der Waals surface area contributed by atoms with E-state index < -0.39 is 11.9 Å². The Morgan fingerprint density at radius 2 is 2.12 bits per heavy atom. The van der Waals surface area contributed by atoms with Gasteiger partial charge in [0, 0.05) is 19.0 Å². The topological polar surface area (TPSA) is 49.3 Å². The highest BCUT2D eigenvalue weighted by molar-refractivity contribution is 5.70. The molecule has 1 heterocycles. The molecule has 0 saturated carbocycles. The van der Waals surface area contributed by atoms with Crippen molar-refractivity contribution in [3.8, 4) is 0 Å². The quantitative estimate of drug-likeness (QED) is 0.800. The maximum absolute atomic E-state index is 13.5. The molecule has 1 aliphatic rings. The van der Waals surface area contributed by atoms with Gasteiger partial charge in [0.2, 0.25) is 0 Å². The average molecular weight is 223 g/mol. The van der Waals surface area contributed by atoms with Gasteiger partial charge in [-0.25, -0.2) is 4.39 Å². The Balaban J connectivity index is 2.16. The Labute approximate surface area is 93.3 Å². The summed E-state index contributed by atoms with van der Waals surface area (Å²) in [6.07, 6.45) is 0.503. The molecule has 1 saturated heterocycles. The second kappa shape index (κ2) is 4.61. The van der Waals surface area contributed by atoms with Gasteiger partial charge in [0.05, 0.1) is 5.92 Å². The SMILES string of the molecule is O=C(O)[C@@H]1CNC[C@H](c2ccccc2F)C1. The largest absolute Gasteiger partial charge is 0.481 e. The Morgan fingerprint density at radius 1 is 1.38 bits per heavy atom. The molecule has 0 aromatic heterocycles. The fraction of sp³-hybridized carbons (Fsp3) is 0.417. The number of carboxylic acids is 1. The van der Waals surface area contributed by atoms with E-state index in [0.29, 0.717) is 25.1 Å². The average Bonchev–Trinajstić information content (AvgIpc) is 2.30. The minimum atomic E-state index is -0.812. The highest BCUT2D eigenvalue weighted by atomic mass is 19.1. The van der Waals surface area contributed by atoms with E-state index in [2.05, 4.69) is 5.32 Å². The number of hydrogen-bond acceptors (Lipinski definition) is 2. The standard InChI is InChI=1S/C12H14FNO2/c13-11-4-2-1-3-10(11)8-5-9(12(15)16)7-14-6-8/h1-4,8-9,14H,5-7H2,(H,15,16)/t8-,9+/m1/s1. The number of benzene rings is 1. The number of nitrogens with one attached hydrogen (secondary N) is 1. The zero-order valence-corrected chi connectivity index (χ0v) is 8.82. The van der Waals surface area contributed by atoms with Gasteiger partial charge < -0.3 is 10.4 Å². The van der Waals surface area contributed by atoms with Crippen molar-refractivity contribution < 1.29 is 14.3 Å². The number of rotatable bonds is 2. The molecule has 1 fully saturated rings. The van der Waals surface area contributed by atoms with Crippen molar-refractivity contribution in [1.29, 1.82) is 0 Å². The van der Waals surface area contributed by atoms with Crippen LogP contribution in [-0.2, 0) is 4.79 Å². The molecule has 2 rings (SSSR count). The summed E-state index contributed by atoms with van der Waals surface area (Å²) in [6, 6.07) is 6.57. The summed E-state index contributed by atoms with van der Waals surface area (Å²) in [5.74, 6) is -1.52. The molecule has 0 amide bonds. The van der Waals surface area contributed by atoms with E-state index in [1.165, 1.54) is 6.07 Å². The van der Waals surface area contributed by atoms with Crippen LogP contribution in [0.25, 0.3) is 0 Å². The van der Waals surface area contributed by atoms with Gasteiger partial charge in [-0.15, -0.1) is 0 Å². The lowest BCUT2D eigenvalue weighted by atomic mass is 9.85. The number of halogens is 1. The first-order valence-electron chi connectivity index (χ1n) is 5.36. The van der Waals surface area contributed by atoms with Gasteiger partial charge in [-0.1, -0.05) is 18.2 Å². The monoisotopic (exact) mass is 223 g/mol. The minimum absolute atomic E-state index is 0.0453. The molecule has 0 aliphatic carbocycles. The van der Waals surface area contributed by atoms with Crippen molar-refractivity contribution in [3.63, 3.8) is 0 Å². The Morgan fingerprint density at radius 3 is 2.81 bits per heavy atom. The third kappa shape index (κ3) is 2.22. The molecule has 0 unspecified atom stereocenters. The van der Waals surface area contributed by atoms with Crippen LogP contribution in [0.5, 0.6) is 0 Å². The van der Waals surface area contributed by atoms with Crippen LogP contribution in [0.3, 0.4) is 0 Å². The number of piperidine rings is 1. The van der Waals surface area contributed by atoms with Crippen LogP contribution in [-0.4, -0.2) is 24.2 Å². The molecular formula is C12H14FNO2. The van der Waals surface area contributed by atoms with E-state index in [-0.39, 0.29) is 11.7 Å². The van der Waals surface area contributed by atoms with Crippen LogP contribution in [0.15, 0.2) is 24.3 Å². The number of hydrogen-bond donors (Lipinski definition) is 2. The summed E-state index contributed by atoms with van der Waals surface area (Å²) >= 11 is 0. The van der Waals surface area contributed by atoms with Crippen LogP contribution in [0.2, 0.25) is 0 Å². The van der Waals surface area contributed by atoms with E-state index in [0.717, 1.165) is 0 Å². The zero-order valence-electron chi connectivity index (χ0n) is 8.82. The fourth-order valence-electron chi connectivity index (χ4n) is 2.17. The molecule has 4 heteroatoms. The number of aliphatic carboxylic acids is 1. The van der Waals surface area contributed by atoms with Crippen molar-refractivity contribution in [2.45, 2.75) is 12.3 Å². The van der Waals surface area contributed by atoms with Crippen LogP contribution in [0.1, 0.15) is 17.9 Å². The van der Waals surface area contributed by atoms with E-state index in [9.17, 15) is 9.18 Å². The molecule has 1 aromatic rings. The molecule has 86 valence electrons. The third-order valence-corrected chi connectivity index (χ3v) is 3.04. The molecule has 0 bridgehead atoms. The first-order valence-corrected chi connectivity index (χ1v) is 5.36. The molecule has 2 N–H and O–H groups in total. The molecule has 0 spiro atoms. The van der Waals surface area contributed by atoms with Crippen LogP contribution >= 0.6 is 0 Å². The van der Waals surface area contributed by atoms with Gasteiger partial charge in [0.15, 0.2) is 0 Å². The van der Waals surface area contributed by atoms with Crippen LogP contribution < -0.4 is 5.32 Å².